The van der Waals surface area contributed by atoms with Gasteiger partial charge in [-0.1, -0.05) is 13.3 Å². The molecule has 0 radical (unpaired) electrons. The van der Waals surface area contributed by atoms with Crippen LogP contribution in [0.1, 0.15) is 26.7 Å². The maximum atomic E-state index is 9.70. The van der Waals surface area contributed by atoms with Crippen LogP contribution in [0.25, 0.3) is 0 Å². The number of fused-ring (bicyclic) bond motifs is 2. The van der Waals surface area contributed by atoms with Crippen molar-refractivity contribution in [3.63, 3.8) is 0 Å². The van der Waals surface area contributed by atoms with E-state index in [1.54, 1.807) is 0 Å². The van der Waals surface area contributed by atoms with E-state index in [1.807, 2.05) is 13.8 Å². The Balaban J connectivity index is 2.13. The maximum Gasteiger partial charge on any atom is 0.293 e. The fraction of sp³-hybridized carbons (Fsp3) is 0.769. The fourth-order valence-corrected chi connectivity index (χ4v) is 3.75. The SMILES string of the molecule is CCC[C@@H]1[C@@]2(C#N)[C@@]3(N=C(N)[C@@]12C#N)OC[C@H](C)O3. The van der Waals surface area contributed by atoms with Crippen LogP contribution in [0.4, 0.5) is 0 Å². The van der Waals surface area contributed by atoms with Crippen LogP contribution in [-0.4, -0.2) is 24.5 Å². The van der Waals surface area contributed by atoms with Gasteiger partial charge in [0.15, 0.2) is 5.41 Å². The molecule has 0 aromatic heterocycles. The van der Waals surface area contributed by atoms with E-state index in [0.717, 1.165) is 12.8 Å². The molecule has 100 valence electrons. The molecule has 2 aliphatic heterocycles. The molecule has 2 fully saturated rings. The second-order valence-corrected chi connectivity index (χ2v) is 5.50. The molecule has 1 aliphatic carbocycles. The summed E-state index contributed by atoms with van der Waals surface area (Å²) >= 11 is 0. The van der Waals surface area contributed by atoms with Gasteiger partial charge in [0.1, 0.15) is 11.3 Å². The van der Waals surface area contributed by atoms with Crippen molar-refractivity contribution in [3.8, 4) is 12.1 Å². The van der Waals surface area contributed by atoms with Crippen LogP contribution < -0.4 is 5.73 Å². The number of nitriles is 2. The van der Waals surface area contributed by atoms with Crippen molar-refractivity contribution >= 4 is 5.84 Å². The van der Waals surface area contributed by atoms with Crippen LogP contribution in [0.5, 0.6) is 0 Å². The van der Waals surface area contributed by atoms with Crippen LogP contribution in [0, 0.1) is 39.4 Å². The Hall–Kier alpha value is -1.63. The Kier molecular flexibility index (Phi) is 2.27. The van der Waals surface area contributed by atoms with Crippen LogP contribution in [0.15, 0.2) is 4.99 Å². The summed E-state index contributed by atoms with van der Waals surface area (Å²) in [5.74, 6) is -1.35. The molecule has 6 heteroatoms. The Labute approximate surface area is 111 Å². The van der Waals surface area contributed by atoms with Gasteiger partial charge in [0.2, 0.25) is 0 Å². The zero-order chi connectivity index (χ0) is 13.9. The molecule has 0 aromatic carbocycles. The molecule has 5 atom stereocenters. The van der Waals surface area contributed by atoms with E-state index < -0.39 is 16.7 Å². The third-order valence-electron chi connectivity index (χ3n) is 4.56. The summed E-state index contributed by atoms with van der Waals surface area (Å²) in [5, 5.41) is 19.3. The van der Waals surface area contributed by atoms with E-state index in [0.29, 0.717) is 6.61 Å². The second-order valence-electron chi connectivity index (χ2n) is 5.50. The molecule has 2 N–H and O–H groups in total. The zero-order valence-corrected chi connectivity index (χ0v) is 11.0. The fourth-order valence-electron chi connectivity index (χ4n) is 3.75. The van der Waals surface area contributed by atoms with Crippen molar-refractivity contribution in [1.82, 2.24) is 0 Å². The number of nitrogens with zero attached hydrogens (tertiary/aromatic N) is 3. The minimum absolute atomic E-state index is 0.154. The molecular weight excluding hydrogens is 244 g/mol. The predicted molar refractivity (Wildman–Crippen MR) is 65.3 cm³/mol. The lowest BCUT2D eigenvalue weighted by Crippen LogP contribution is -2.39. The van der Waals surface area contributed by atoms with Gasteiger partial charge in [0.05, 0.1) is 24.8 Å². The molecule has 0 amide bonds. The molecule has 1 saturated carbocycles. The van der Waals surface area contributed by atoms with E-state index >= 15 is 0 Å². The van der Waals surface area contributed by atoms with Gasteiger partial charge in [-0.15, -0.1) is 0 Å². The van der Waals surface area contributed by atoms with E-state index in [4.69, 9.17) is 15.2 Å². The highest BCUT2D eigenvalue weighted by Gasteiger charge is 2.93. The number of hydrogen-bond donors (Lipinski definition) is 1. The average Bonchev–Trinajstić information content (AvgIpc) is 2.70. The minimum Gasteiger partial charge on any atom is -0.386 e. The summed E-state index contributed by atoms with van der Waals surface area (Å²) in [6.45, 7) is 4.23. The van der Waals surface area contributed by atoms with Crippen molar-refractivity contribution < 1.29 is 9.47 Å². The molecule has 2 heterocycles. The molecule has 0 bridgehead atoms. The van der Waals surface area contributed by atoms with Crippen molar-refractivity contribution in [2.45, 2.75) is 38.7 Å². The third kappa shape index (κ3) is 1.03. The number of ether oxygens (including phenoxy) is 2. The average molecular weight is 260 g/mol. The smallest absolute Gasteiger partial charge is 0.293 e. The van der Waals surface area contributed by atoms with Gasteiger partial charge in [-0.25, -0.2) is 4.99 Å². The van der Waals surface area contributed by atoms with E-state index in [1.165, 1.54) is 0 Å². The minimum atomic E-state index is -1.37. The van der Waals surface area contributed by atoms with Crippen molar-refractivity contribution in [3.05, 3.63) is 0 Å². The van der Waals surface area contributed by atoms with Crippen molar-refractivity contribution in [1.29, 1.82) is 10.5 Å². The number of nitrogens with two attached hydrogens (primary N) is 1. The van der Waals surface area contributed by atoms with Gasteiger partial charge in [-0.05, 0) is 13.3 Å². The lowest BCUT2D eigenvalue weighted by Gasteiger charge is -2.26. The maximum absolute atomic E-state index is 9.70. The molecule has 1 spiro atoms. The summed E-state index contributed by atoms with van der Waals surface area (Å²) in [6, 6.07) is 4.48. The highest BCUT2D eigenvalue weighted by Crippen LogP contribution is 2.79. The highest BCUT2D eigenvalue weighted by molar-refractivity contribution is 5.98. The monoisotopic (exact) mass is 260 g/mol. The largest absolute Gasteiger partial charge is 0.386 e. The molecule has 3 aliphatic rings. The van der Waals surface area contributed by atoms with Gasteiger partial charge in [0.25, 0.3) is 5.91 Å². The van der Waals surface area contributed by atoms with Crippen molar-refractivity contribution in [2.24, 2.45) is 27.5 Å². The van der Waals surface area contributed by atoms with Gasteiger partial charge in [0, 0.05) is 5.92 Å². The van der Waals surface area contributed by atoms with Crippen LogP contribution >= 0.6 is 0 Å². The number of rotatable bonds is 2. The Morgan fingerprint density at radius 3 is 2.68 bits per heavy atom. The molecular formula is C13H16N4O2. The summed E-state index contributed by atoms with van der Waals surface area (Å²) < 4.78 is 11.4. The van der Waals surface area contributed by atoms with Crippen LogP contribution in [0.2, 0.25) is 0 Å². The molecule has 0 unspecified atom stereocenters. The van der Waals surface area contributed by atoms with E-state index in [9.17, 15) is 10.5 Å². The summed E-state index contributed by atoms with van der Waals surface area (Å²) in [6.07, 6.45) is 1.45. The van der Waals surface area contributed by atoms with E-state index in [2.05, 4.69) is 17.1 Å². The lowest BCUT2D eigenvalue weighted by atomic mass is 9.94. The molecule has 0 aromatic rings. The third-order valence-corrected chi connectivity index (χ3v) is 4.56. The summed E-state index contributed by atoms with van der Waals surface area (Å²) in [5.41, 5.74) is 3.84. The Morgan fingerprint density at radius 2 is 2.21 bits per heavy atom. The molecule has 3 rings (SSSR count). The first kappa shape index (κ1) is 12.4. The predicted octanol–water partition coefficient (Wildman–Crippen LogP) is 0.896. The van der Waals surface area contributed by atoms with Gasteiger partial charge < -0.3 is 15.2 Å². The van der Waals surface area contributed by atoms with Gasteiger partial charge in [-0.2, -0.15) is 10.5 Å². The first-order valence-corrected chi connectivity index (χ1v) is 6.54. The Bertz CT molecular complexity index is 548. The number of amidine groups is 1. The quantitative estimate of drug-likeness (QED) is 0.794. The summed E-state index contributed by atoms with van der Waals surface area (Å²) in [7, 11) is 0. The van der Waals surface area contributed by atoms with Gasteiger partial charge >= 0.3 is 0 Å². The molecule has 1 saturated heterocycles. The zero-order valence-electron chi connectivity index (χ0n) is 11.0. The van der Waals surface area contributed by atoms with Gasteiger partial charge in [-0.3, -0.25) is 0 Å². The standard InChI is InChI=1S/C13H16N4O2/c1-3-4-9-11(6-14)10(16)17-13(12(9,11)7-15)18-5-8(2)19-13/h8-9H,3-5H2,1-2H3,(H2,16,17)/t8-,9-,11+,12+,13+/m0/s1. The normalized spacial score (nSPS) is 50.4. The second kappa shape index (κ2) is 3.47. The number of hydrogen-bond acceptors (Lipinski definition) is 6. The molecule has 19 heavy (non-hydrogen) atoms. The number of aliphatic imine (C=N–C) groups is 1. The first-order chi connectivity index (χ1) is 9.04. The van der Waals surface area contributed by atoms with E-state index in [-0.39, 0.29) is 17.9 Å². The lowest BCUT2D eigenvalue weighted by molar-refractivity contribution is -0.195. The Morgan fingerprint density at radius 1 is 1.47 bits per heavy atom. The molecule has 6 nitrogen and oxygen atoms in total. The highest BCUT2D eigenvalue weighted by atomic mass is 16.8. The first-order valence-electron chi connectivity index (χ1n) is 6.54. The van der Waals surface area contributed by atoms with Crippen LogP contribution in [0.3, 0.4) is 0 Å². The van der Waals surface area contributed by atoms with Crippen LogP contribution in [-0.2, 0) is 9.47 Å². The van der Waals surface area contributed by atoms with Crippen molar-refractivity contribution in [2.75, 3.05) is 6.61 Å². The topological polar surface area (TPSA) is 104 Å². The summed E-state index contributed by atoms with van der Waals surface area (Å²) in [4.78, 5) is 4.22.